The van der Waals surface area contributed by atoms with Gasteiger partial charge in [0.1, 0.15) is 17.3 Å². The van der Waals surface area contributed by atoms with Gasteiger partial charge < -0.3 is 14.6 Å². The molecule has 1 atom stereocenters. The van der Waals surface area contributed by atoms with E-state index in [9.17, 15) is 14.7 Å². The topological polar surface area (TPSA) is 76.1 Å². The first-order chi connectivity index (χ1) is 18.2. The summed E-state index contributed by atoms with van der Waals surface area (Å²) in [5, 5.41) is 11.4. The fourth-order valence-corrected chi connectivity index (χ4v) is 4.47. The summed E-state index contributed by atoms with van der Waals surface area (Å²) in [6, 6.07) is 21.0. The van der Waals surface area contributed by atoms with Crippen LogP contribution in [0.15, 0.2) is 78.4 Å². The molecule has 1 fully saturated rings. The van der Waals surface area contributed by atoms with Crippen LogP contribution in [0, 0.1) is 5.92 Å². The molecule has 38 heavy (non-hydrogen) atoms. The minimum atomic E-state index is -0.799. The van der Waals surface area contributed by atoms with Gasteiger partial charge in [0.15, 0.2) is 0 Å². The van der Waals surface area contributed by atoms with Crippen molar-refractivity contribution in [1.82, 2.24) is 0 Å². The van der Waals surface area contributed by atoms with E-state index in [2.05, 4.69) is 27.7 Å². The van der Waals surface area contributed by atoms with Gasteiger partial charge in [-0.25, -0.2) is 0 Å². The Morgan fingerprint density at radius 2 is 1.42 bits per heavy atom. The van der Waals surface area contributed by atoms with Crippen LogP contribution < -0.4 is 14.4 Å². The monoisotopic (exact) mass is 513 g/mol. The minimum absolute atomic E-state index is 0.0444. The lowest BCUT2D eigenvalue weighted by atomic mass is 9.95. The van der Waals surface area contributed by atoms with Gasteiger partial charge in [-0.2, -0.15) is 0 Å². The molecule has 0 aliphatic carbocycles. The molecule has 0 saturated carbocycles. The van der Waals surface area contributed by atoms with Gasteiger partial charge in [0.05, 0.1) is 24.8 Å². The molecule has 4 rings (SSSR count). The number of aliphatic hydroxyl groups excluding tert-OH is 1. The van der Waals surface area contributed by atoms with Crippen LogP contribution in [0.4, 0.5) is 5.69 Å². The number of ketones is 1. The molecule has 198 valence electrons. The second kappa shape index (κ2) is 11.5. The number of benzene rings is 3. The van der Waals surface area contributed by atoms with E-state index in [0.717, 1.165) is 5.56 Å². The van der Waals surface area contributed by atoms with E-state index >= 15 is 0 Å². The van der Waals surface area contributed by atoms with Gasteiger partial charge in [-0.3, -0.25) is 14.5 Å². The second-order valence-corrected chi connectivity index (χ2v) is 10.1. The Labute approximate surface area is 224 Å². The highest BCUT2D eigenvalue weighted by atomic mass is 16.5. The molecule has 1 aliphatic rings. The van der Waals surface area contributed by atoms with Crippen LogP contribution in [0.1, 0.15) is 63.3 Å². The molecule has 0 radical (unpaired) electrons. The van der Waals surface area contributed by atoms with E-state index in [0.29, 0.717) is 53.4 Å². The van der Waals surface area contributed by atoms with Crippen molar-refractivity contribution in [1.29, 1.82) is 0 Å². The molecular weight excluding hydrogens is 478 g/mol. The molecule has 3 aromatic rings. The van der Waals surface area contributed by atoms with E-state index < -0.39 is 17.7 Å². The van der Waals surface area contributed by atoms with Crippen LogP contribution in [-0.2, 0) is 9.59 Å². The zero-order valence-corrected chi connectivity index (χ0v) is 22.6. The zero-order chi connectivity index (χ0) is 27.4. The first-order valence-electron chi connectivity index (χ1n) is 13.1. The Morgan fingerprint density at radius 3 is 1.97 bits per heavy atom. The Kier molecular flexibility index (Phi) is 8.20. The van der Waals surface area contributed by atoms with E-state index in [4.69, 9.17) is 9.47 Å². The Bertz CT molecular complexity index is 1310. The SMILES string of the molecule is CCOc1ccc(C2/C(=C(\O)c3ccc(OCC(C)C)cc3)C(=O)C(=O)N2c2ccc(C(C)C)cc2)cc1. The summed E-state index contributed by atoms with van der Waals surface area (Å²) in [6.45, 7) is 11.3. The Balaban J connectivity index is 1.80. The third-order valence-corrected chi connectivity index (χ3v) is 6.50. The number of nitrogens with zero attached hydrogens (tertiary/aromatic N) is 1. The molecule has 0 aromatic heterocycles. The van der Waals surface area contributed by atoms with Crippen molar-refractivity contribution >= 4 is 23.1 Å². The molecule has 0 spiro atoms. The fourth-order valence-electron chi connectivity index (χ4n) is 4.47. The molecule has 1 unspecified atom stereocenters. The predicted molar refractivity (Wildman–Crippen MR) is 150 cm³/mol. The van der Waals surface area contributed by atoms with Gasteiger partial charge in [-0.05, 0) is 78.4 Å². The maximum absolute atomic E-state index is 13.4. The number of anilines is 1. The van der Waals surface area contributed by atoms with Gasteiger partial charge in [0.25, 0.3) is 11.7 Å². The number of hydrogen-bond acceptors (Lipinski definition) is 5. The molecule has 1 N–H and O–H groups in total. The summed E-state index contributed by atoms with van der Waals surface area (Å²) in [5.74, 6) is 0.431. The molecule has 1 aliphatic heterocycles. The van der Waals surface area contributed by atoms with Gasteiger partial charge in [0.2, 0.25) is 0 Å². The molecule has 1 amide bonds. The van der Waals surface area contributed by atoms with Crippen molar-refractivity contribution in [2.75, 3.05) is 18.1 Å². The average molecular weight is 514 g/mol. The quantitative estimate of drug-likeness (QED) is 0.192. The highest BCUT2D eigenvalue weighted by molar-refractivity contribution is 6.51. The first-order valence-corrected chi connectivity index (χ1v) is 13.1. The largest absolute Gasteiger partial charge is 0.507 e. The van der Waals surface area contributed by atoms with Crippen LogP contribution in [0.2, 0.25) is 0 Å². The van der Waals surface area contributed by atoms with Crippen molar-refractivity contribution in [3.05, 3.63) is 95.1 Å². The number of aliphatic hydroxyl groups is 1. The summed E-state index contributed by atoms with van der Waals surface area (Å²) in [4.78, 5) is 28.3. The Hall–Kier alpha value is -4.06. The summed E-state index contributed by atoms with van der Waals surface area (Å²) >= 11 is 0. The van der Waals surface area contributed by atoms with Gasteiger partial charge >= 0.3 is 0 Å². The molecule has 3 aromatic carbocycles. The number of ether oxygens (including phenoxy) is 2. The van der Waals surface area contributed by atoms with Crippen LogP contribution in [0.5, 0.6) is 11.5 Å². The highest BCUT2D eigenvalue weighted by Crippen LogP contribution is 2.42. The lowest BCUT2D eigenvalue weighted by molar-refractivity contribution is -0.132. The number of carbonyl (C=O) groups excluding carboxylic acids is 2. The third-order valence-electron chi connectivity index (χ3n) is 6.50. The lowest BCUT2D eigenvalue weighted by Gasteiger charge is -2.26. The highest BCUT2D eigenvalue weighted by Gasteiger charge is 2.47. The van der Waals surface area contributed by atoms with Crippen molar-refractivity contribution < 1.29 is 24.2 Å². The smallest absolute Gasteiger partial charge is 0.300 e. The minimum Gasteiger partial charge on any atom is -0.507 e. The molecule has 1 saturated heterocycles. The third kappa shape index (κ3) is 5.59. The van der Waals surface area contributed by atoms with Crippen molar-refractivity contribution in [2.45, 2.75) is 46.6 Å². The number of rotatable bonds is 9. The number of hydrogen-bond donors (Lipinski definition) is 1. The van der Waals surface area contributed by atoms with Crippen LogP contribution >= 0.6 is 0 Å². The standard InChI is InChI=1S/C32H35NO5/c1-6-37-26-15-9-23(10-16-26)29-28(30(34)24-11-17-27(18-12-24)38-19-20(2)3)31(35)32(36)33(29)25-13-7-22(8-14-25)21(4)5/h7-18,20-21,29,34H,6,19H2,1-5H3/b30-28+. The van der Waals surface area contributed by atoms with E-state index in [1.165, 1.54) is 4.90 Å². The number of Topliss-reactive ketones (excluding diaryl/α,β-unsaturated/α-hetero) is 1. The lowest BCUT2D eigenvalue weighted by Crippen LogP contribution is -2.29. The molecular formula is C32H35NO5. The normalized spacial score (nSPS) is 16.9. The molecule has 6 heteroatoms. The average Bonchev–Trinajstić information content (AvgIpc) is 3.18. The van der Waals surface area contributed by atoms with Crippen LogP contribution in [0.25, 0.3) is 5.76 Å². The van der Waals surface area contributed by atoms with Crippen molar-refractivity contribution in [3.63, 3.8) is 0 Å². The van der Waals surface area contributed by atoms with Gasteiger partial charge in [-0.1, -0.05) is 52.0 Å². The number of carbonyl (C=O) groups is 2. The molecule has 0 bridgehead atoms. The second-order valence-electron chi connectivity index (χ2n) is 10.1. The zero-order valence-electron chi connectivity index (χ0n) is 22.6. The maximum Gasteiger partial charge on any atom is 0.300 e. The van der Waals surface area contributed by atoms with E-state index in [-0.39, 0.29) is 11.3 Å². The maximum atomic E-state index is 13.4. The summed E-state index contributed by atoms with van der Waals surface area (Å²) in [5.41, 5.74) is 2.89. The van der Waals surface area contributed by atoms with Gasteiger partial charge in [-0.15, -0.1) is 0 Å². The summed E-state index contributed by atoms with van der Waals surface area (Å²) in [6.07, 6.45) is 0. The van der Waals surface area contributed by atoms with Crippen molar-refractivity contribution in [3.8, 4) is 11.5 Å². The summed E-state index contributed by atoms with van der Waals surface area (Å²) < 4.78 is 11.3. The summed E-state index contributed by atoms with van der Waals surface area (Å²) in [7, 11) is 0. The van der Waals surface area contributed by atoms with Gasteiger partial charge in [0, 0.05) is 11.3 Å². The Morgan fingerprint density at radius 1 is 0.842 bits per heavy atom. The predicted octanol–water partition coefficient (Wildman–Crippen LogP) is 6.87. The van der Waals surface area contributed by atoms with E-state index in [1.54, 1.807) is 24.3 Å². The molecule has 1 heterocycles. The number of amides is 1. The first kappa shape index (κ1) is 27.0. The van der Waals surface area contributed by atoms with Crippen LogP contribution in [0.3, 0.4) is 0 Å². The fraction of sp³-hybridized carbons (Fsp3) is 0.312. The van der Waals surface area contributed by atoms with Crippen LogP contribution in [-0.4, -0.2) is 30.0 Å². The van der Waals surface area contributed by atoms with Crippen molar-refractivity contribution in [2.24, 2.45) is 5.92 Å². The van der Waals surface area contributed by atoms with E-state index in [1.807, 2.05) is 55.5 Å². The molecule has 6 nitrogen and oxygen atoms in total.